The highest BCUT2D eigenvalue weighted by Crippen LogP contribution is 2.50. The van der Waals surface area contributed by atoms with Crippen LogP contribution in [-0.2, 0) is 22.6 Å². The lowest BCUT2D eigenvalue weighted by Gasteiger charge is -2.22. The Kier molecular flexibility index (Phi) is 9.21. The molecule has 2 atom stereocenters. The SMILES string of the molecule is COc1cc2c(c(OC)c1OC)-c1ccc(NC(C(=O)NCc3nnc4ccccn34)C(C)C)c(=O)cc1C(NC(C)=O)CC2. The minimum Gasteiger partial charge on any atom is -0.493 e. The summed E-state index contributed by atoms with van der Waals surface area (Å²) in [5, 5.41) is 17.5. The lowest BCUT2D eigenvalue weighted by Crippen LogP contribution is -2.43. The fraction of sp³-hybridized carbons (Fsp3) is 0.364. The fourth-order valence-corrected chi connectivity index (χ4v) is 5.82. The van der Waals surface area contributed by atoms with E-state index in [2.05, 4.69) is 26.1 Å². The van der Waals surface area contributed by atoms with Gasteiger partial charge in [0, 0.05) is 18.7 Å². The second kappa shape index (κ2) is 13.2. The number of carbonyl (C=O) groups is 2. The highest BCUT2D eigenvalue weighted by atomic mass is 16.5. The van der Waals surface area contributed by atoms with Crippen LogP contribution in [0.2, 0.25) is 0 Å². The number of benzene rings is 1. The standard InChI is InChI=1S/C33H38N6O6/c1-18(2)30(33(42)34-17-28-38-37-27-9-7-8-14-39(27)28)36-24-13-11-21-22(16-25(24)41)23(35-19(3)40)12-10-20-15-26(43-4)31(44-5)32(45-6)29(20)21/h7-9,11,13-16,18,23,30H,10,12,17H2,1-6H3,(H,34,42)(H,35,40)(H,36,41). The molecule has 0 radical (unpaired) electrons. The second-order valence-corrected chi connectivity index (χ2v) is 11.2. The molecule has 12 heteroatoms. The zero-order valence-electron chi connectivity index (χ0n) is 26.3. The number of nitrogens with zero attached hydrogens (tertiary/aromatic N) is 3. The van der Waals surface area contributed by atoms with Gasteiger partial charge in [0.15, 0.2) is 23.0 Å². The molecule has 0 saturated carbocycles. The molecule has 4 aromatic rings. The number of ether oxygens (including phenoxy) is 3. The zero-order valence-corrected chi connectivity index (χ0v) is 26.3. The highest BCUT2D eigenvalue weighted by molar-refractivity contribution is 5.86. The predicted octanol–water partition coefficient (Wildman–Crippen LogP) is 3.66. The van der Waals surface area contributed by atoms with Gasteiger partial charge in [0.25, 0.3) is 0 Å². The van der Waals surface area contributed by atoms with Gasteiger partial charge in [-0.15, -0.1) is 10.2 Å². The van der Waals surface area contributed by atoms with Crippen molar-refractivity contribution in [1.29, 1.82) is 0 Å². The van der Waals surface area contributed by atoms with E-state index in [4.69, 9.17) is 14.2 Å². The number of pyridine rings is 1. The van der Waals surface area contributed by atoms with Gasteiger partial charge in [-0.2, -0.15) is 0 Å². The Morgan fingerprint density at radius 2 is 1.80 bits per heavy atom. The Labute approximate surface area is 261 Å². The van der Waals surface area contributed by atoms with E-state index >= 15 is 0 Å². The van der Waals surface area contributed by atoms with E-state index in [1.165, 1.54) is 20.1 Å². The number of aromatic nitrogens is 3. The first kappa shape index (κ1) is 31.3. The molecule has 2 heterocycles. The smallest absolute Gasteiger partial charge is 0.243 e. The molecule has 0 saturated heterocycles. The van der Waals surface area contributed by atoms with Crippen LogP contribution in [0.3, 0.4) is 0 Å². The van der Waals surface area contributed by atoms with Crippen LogP contribution in [-0.4, -0.2) is 53.8 Å². The minimum atomic E-state index is -0.726. The Hall–Kier alpha value is -5.13. The number of hydrogen-bond acceptors (Lipinski definition) is 9. The van der Waals surface area contributed by atoms with Crippen molar-refractivity contribution in [2.75, 3.05) is 26.6 Å². The van der Waals surface area contributed by atoms with Crippen LogP contribution < -0.4 is 35.6 Å². The van der Waals surface area contributed by atoms with E-state index in [0.717, 1.165) is 11.1 Å². The number of fused-ring (bicyclic) bond motifs is 4. The minimum absolute atomic E-state index is 0.160. The molecule has 0 spiro atoms. The van der Waals surface area contributed by atoms with Crippen LogP contribution in [0.4, 0.5) is 5.69 Å². The van der Waals surface area contributed by atoms with Crippen molar-refractivity contribution in [2.45, 2.75) is 52.2 Å². The topological polar surface area (TPSA) is 145 Å². The predicted molar refractivity (Wildman–Crippen MR) is 170 cm³/mol. The molecular formula is C33H38N6O6. The van der Waals surface area contributed by atoms with Gasteiger partial charge in [0.05, 0.1) is 39.6 Å². The summed E-state index contributed by atoms with van der Waals surface area (Å²) in [6.07, 6.45) is 2.96. The summed E-state index contributed by atoms with van der Waals surface area (Å²) in [4.78, 5) is 39.5. The lowest BCUT2D eigenvalue weighted by molar-refractivity contribution is -0.123. The molecule has 3 N–H and O–H groups in total. The molecule has 2 unspecified atom stereocenters. The third kappa shape index (κ3) is 6.26. The van der Waals surface area contributed by atoms with Crippen molar-refractivity contribution in [1.82, 2.24) is 25.2 Å². The van der Waals surface area contributed by atoms with Crippen LogP contribution in [0.15, 0.2) is 53.5 Å². The average molecular weight is 615 g/mol. The molecule has 2 amide bonds. The largest absolute Gasteiger partial charge is 0.493 e. The van der Waals surface area contributed by atoms with Gasteiger partial charge in [-0.1, -0.05) is 26.0 Å². The molecule has 0 aliphatic heterocycles. The van der Waals surface area contributed by atoms with Gasteiger partial charge < -0.3 is 30.2 Å². The van der Waals surface area contributed by atoms with E-state index in [0.29, 0.717) is 52.7 Å². The molecule has 2 aromatic heterocycles. The van der Waals surface area contributed by atoms with Gasteiger partial charge in [0.2, 0.25) is 23.0 Å². The molecule has 1 aliphatic rings. The Morgan fingerprint density at radius 3 is 2.49 bits per heavy atom. The number of aryl methyl sites for hydroxylation is 1. The van der Waals surface area contributed by atoms with E-state index in [9.17, 15) is 14.4 Å². The first-order chi connectivity index (χ1) is 21.7. The van der Waals surface area contributed by atoms with Crippen LogP contribution in [0, 0.1) is 5.92 Å². The number of amides is 2. The number of rotatable bonds is 10. The number of methoxy groups -OCH3 is 3. The third-order valence-electron chi connectivity index (χ3n) is 7.98. The van der Waals surface area contributed by atoms with Gasteiger partial charge in [-0.05, 0) is 65.8 Å². The molecular weight excluding hydrogens is 576 g/mol. The monoisotopic (exact) mass is 614 g/mol. The van der Waals surface area contributed by atoms with E-state index < -0.39 is 12.1 Å². The van der Waals surface area contributed by atoms with Gasteiger partial charge in [-0.25, -0.2) is 0 Å². The molecule has 45 heavy (non-hydrogen) atoms. The van der Waals surface area contributed by atoms with Crippen molar-refractivity contribution < 1.29 is 23.8 Å². The normalized spacial score (nSPS) is 14.5. The average Bonchev–Trinajstić information content (AvgIpc) is 3.30. The molecule has 236 valence electrons. The van der Waals surface area contributed by atoms with Crippen molar-refractivity contribution in [2.24, 2.45) is 5.92 Å². The third-order valence-corrected chi connectivity index (χ3v) is 7.98. The van der Waals surface area contributed by atoms with Gasteiger partial charge in [-0.3, -0.25) is 18.8 Å². The van der Waals surface area contributed by atoms with E-state index in [-0.39, 0.29) is 35.4 Å². The van der Waals surface area contributed by atoms with Crippen molar-refractivity contribution in [3.63, 3.8) is 0 Å². The number of nitrogens with one attached hydrogen (secondary N) is 3. The quantitative estimate of drug-likeness (QED) is 0.244. The summed E-state index contributed by atoms with van der Waals surface area (Å²) in [6, 6.07) is 11.3. The summed E-state index contributed by atoms with van der Waals surface area (Å²) >= 11 is 0. The van der Waals surface area contributed by atoms with E-state index in [1.54, 1.807) is 24.7 Å². The van der Waals surface area contributed by atoms with Crippen LogP contribution in [0.1, 0.15) is 50.2 Å². The molecule has 12 nitrogen and oxygen atoms in total. The maximum atomic E-state index is 13.8. The molecule has 5 rings (SSSR count). The van der Waals surface area contributed by atoms with Crippen molar-refractivity contribution in [3.05, 3.63) is 75.8 Å². The zero-order chi connectivity index (χ0) is 32.2. The Morgan fingerprint density at radius 1 is 1.02 bits per heavy atom. The second-order valence-electron chi connectivity index (χ2n) is 11.2. The first-order valence-corrected chi connectivity index (χ1v) is 14.8. The van der Waals surface area contributed by atoms with Crippen LogP contribution in [0.5, 0.6) is 17.2 Å². The summed E-state index contributed by atoms with van der Waals surface area (Å²) in [6.45, 7) is 5.42. The Bertz CT molecular complexity index is 1800. The van der Waals surface area contributed by atoms with Crippen molar-refractivity contribution >= 4 is 23.1 Å². The number of hydrogen-bond donors (Lipinski definition) is 3. The first-order valence-electron chi connectivity index (χ1n) is 14.8. The maximum Gasteiger partial charge on any atom is 0.243 e. The lowest BCUT2D eigenvalue weighted by atomic mass is 9.95. The fourth-order valence-electron chi connectivity index (χ4n) is 5.82. The van der Waals surface area contributed by atoms with Gasteiger partial charge >= 0.3 is 0 Å². The summed E-state index contributed by atoms with van der Waals surface area (Å²) in [7, 11) is 4.65. The summed E-state index contributed by atoms with van der Waals surface area (Å²) in [5.74, 6) is 1.33. The highest BCUT2D eigenvalue weighted by Gasteiger charge is 2.30. The molecule has 0 bridgehead atoms. The van der Waals surface area contributed by atoms with Crippen LogP contribution >= 0.6 is 0 Å². The molecule has 1 aliphatic carbocycles. The number of anilines is 1. The summed E-state index contributed by atoms with van der Waals surface area (Å²) < 4.78 is 18.9. The van der Waals surface area contributed by atoms with Crippen molar-refractivity contribution in [3.8, 4) is 28.4 Å². The van der Waals surface area contributed by atoms with Gasteiger partial charge in [0.1, 0.15) is 6.04 Å². The number of carbonyl (C=O) groups excluding carboxylic acids is 2. The molecule has 2 aromatic carbocycles. The van der Waals surface area contributed by atoms with E-state index in [1.807, 2.05) is 50.4 Å². The maximum absolute atomic E-state index is 13.8. The summed E-state index contributed by atoms with van der Waals surface area (Å²) in [5.41, 5.74) is 3.61. The molecule has 0 fully saturated rings. The Balaban J connectivity index is 1.54. The van der Waals surface area contributed by atoms with Crippen LogP contribution in [0.25, 0.3) is 16.8 Å².